The number of hydrogen-bond donors (Lipinski definition) is 1. The number of non-ortho nitro benzene ring substituents is 1. The summed E-state index contributed by atoms with van der Waals surface area (Å²) in [6.45, 7) is 1.16. The average molecular weight is 499 g/mol. The lowest BCUT2D eigenvalue weighted by Crippen LogP contribution is -2.16. The third kappa shape index (κ3) is 5.76. The van der Waals surface area contributed by atoms with Crippen molar-refractivity contribution in [2.45, 2.75) is 26.1 Å². The number of alkyl halides is 3. The molecule has 0 aliphatic heterocycles. The highest BCUT2D eigenvalue weighted by Crippen LogP contribution is 2.36. The minimum absolute atomic E-state index is 0.0598. The average Bonchev–Trinajstić information content (AvgIpc) is 3.06. The van der Waals surface area contributed by atoms with Gasteiger partial charge in [-0.2, -0.15) is 18.3 Å². The Hall–Kier alpha value is -3.80. The van der Waals surface area contributed by atoms with Gasteiger partial charge in [0.25, 0.3) is 5.69 Å². The van der Waals surface area contributed by atoms with Crippen molar-refractivity contribution >= 4 is 28.9 Å². The fourth-order valence-corrected chi connectivity index (χ4v) is 3.25. The molecular formula is C21H18ClF3N4O5. The van der Waals surface area contributed by atoms with Crippen LogP contribution in [-0.2, 0) is 17.5 Å². The molecule has 34 heavy (non-hydrogen) atoms. The summed E-state index contributed by atoms with van der Waals surface area (Å²) >= 11 is 5.71. The zero-order chi connectivity index (χ0) is 25.0. The highest BCUT2D eigenvalue weighted by Gasteiger charge is 2.38. The van der Waals surface area contributed by atoms with E-state index in [9.17, 15) is 28.1 Å². The largest absolute Gasteiger partial charge is 0.493 e. The van der Waals surface area contributed by atoms with Crippen molar-refractivity contribution < 1.29 is 32.4 Å². The van der Waals surface area contributed by atoms with Crippen LogP contribution in [0.25, 0.3) is 0 Å². The molecule has 1 heterocycles. The lowest BCUT2D eigenvalue weighted by atomic mass is 10.2. The summed E-state index contributed by atoms with van der Waals surface area (Å²) in [7, 11) is 1.44. The number of halogens is 4. The van der Waals surface area contributed by atoms with Crippen molar-refractivity contribution in [3.05, 3.63) is 69.0 Å². The Morgan fingerprint density at radius 1 is 1.24 bits per heavy atom. The molecule has 13 heteroatoms. The Morgan fingerprint density at radius 3 is 2.50 bits per heavy atom. The second kappa shape index (κ2) is 10.00. The maximum absolute atomic E-state index is 13.0. The Labute approximate surface area is 196 Å². The molecule has 0 fully saturated rings. The standard InChI is InChI=1S/C21H18ClF3N4O5/c1-12-19(22)20(21(23,24)25)27-28(12)8-7-18(30)26-13-9-14(29(31)32)11-15(10-13)34-17-6-4-3-5-16(17)33-2/h3-6,9-11H,7-8H2,1-2H3,(H,26,30). The Kier molecular flexibility index (Phi) is 7.30. The molecule has 0 aliphatic carbocycles. The summed E-state index contributed by atoms with van der Waals surface area (Å²) in [4.78, 5) is 23.1. The van der Waals surface area contributed by atoms with E-state index in [0.29, 0.717) is 11.5 Å². The maximum Gasteiger partial charge on any atom is 0.436 e. The van der Waals surface area contributed by atoms with Gasteiger partial charge in [0.15, 0.2) is 17.2 Å². The number of rotatable bonds is 8. The van der Waals surface area contributed by atoms with Crippen LogP contribution in [0.15, 0.2) is 42.5 Å². The zero-order valence-corrected chi connectivity index (χ0v) is 18.6. The SMILES string of the molecule is COc1ccccc1Oc1cc(NC(=O)CCn2nc(C(F)(F)F)c(Cl)c2C)cc([N+](=O)[O-])c1. The van der Waals surface area contributed by atoms with Crippen LogP contribution in [0.1, 0.15) is 17.8 Å². The van der Waals surface area contributed by atoms with E-state index in [4.69, 9.17) is 21.1 Å². The molecule has 0 aliphatic rings. The molecule has 3 aromatic rings. The highest BCUT2D eigenvalue weighted by molar-refractivity contribution is 6.31. The van der Waals surface area contributed by atoms with Crippen LogP contribution in [0.5, 0.6) is 17.2 Å². The van der Waals surface area contributed by atoms with Crippen LogP contribution in [0, 0.1) is 17.0 Å². The second-order valence-corrected chi connectivity index (χ2v) is 7.37. The van der Waals surface area contributed by atoms with E-state index in [2.05, 4.69) is 10.4 Å². The summed E-state index contributed by atoms with van der Waals surface area (Å²) < 4.78 is 50.7. The maximum atomic E-state index is 13.0. The molecule has 1 amide bonds. The van der Waals surface area contributed by atoms with Crippen molar-refractivity contribution in [1.29, 1.82) is 0 Å². The zero-order valence-electron chi connectivity index (χ0n) is 17.9. The van der Waals surface area contributed by atoms with Crippen LogP contribution >= 0.6 is 11.6 Å². The van der Waals surface area contributed by atoms with Gasteiger partial charge in [-0.05, 0) is 19.1 Å². The molecule has 0 saturated carbocycles. The summed E-state index contributed by atoms with van der Waals surface area (Å²) in [5, 5.41) is 16.7. The van der Waals surface area contributed by atoms with Gasteiger partial charge in [0.1, 0.15) is 5.75 Å². The monoisotopic (exact) mass is 498 g/mol. The summed E-state index contributed by atoms with van der Waals surface area (Å²) in [6, 6.07) is 10.3. The third-order valence-corrected chi connectivity index (χ3v) is 5.09. The normalized spacial score (nSPS) is 11.2. The van der Waals surface area contributed by atoms with Gasteiger partial charge in [-0.25, -0.2) is 0 Å². The highest BCUT2D eigenvalue weighted by atomic mass is 35.5. The van der Waals surface area contributed by atoms with Gasteiger partial charge in [-0.15, -0.1) is 0 Å². The van der Waals surface area contributed by atoms with E-state index < -0.39 is 27.7 Å². The predicted octanol–water partition coefficient (Wildman–Crippen LogP) is 5.60. The molecule has 9 nitrogen and oxygen atoms in total. The molecule has 1 aromatic heterocycles. The lowest BCUT2D eigenvalue weighted by molar-refractivity contribution is -0.384. The molecule has 2 aromatic carbocycles. The van der Waals surface area contributed by atoms with Gasteiger partial charge in [0.05, 0.1) is 41.0 Å². The van der Waals surface area contributed by atoms with E-state index in [-0.39, 0.29) is 35.8 Å². The first kappa shape index (κ1) is 24.8. The Balaban J connectivity index is 1.76. The number of nitrogens with one attached hydrogen (secondary N) is 1. The number of methoxy groups -OCH3 is 1. The van der Waals surface area contributed by atoms with Gasteiger partial charge in [0, 0.05) is 18.6 Å². The molecule has 0 spiro atoms. The molecule has 0 saturated heterocycles. The summed E-state index contributed by atoms with van der Waals surface area (Å²) in [6.07, 6.45) is -4.99. The van der Waals surface area contributed by atoms with Crippen molar-refractivity contribution in [2.75, 3.05) is 12.4 Å². The lowest BCUT2D eigenvalue weighted by Gasteiger charge is -2.12. The fourth-order valence-electron chi connectivity index (χ4n) is 3.00. The number of benzene rings is 2. The number of carbonyl (C=O) groups is 1. The van der Waals surface area contributed by atoms with E-state index in [1.165, 1.54) is 26.2 Å². The van der Waals surface area contributed by atoms with Crippen LogP contribution in [-0.4, -0.2) is 27.7 Å². The molecule has 0 radical (unpaired) electrons. The number of anilines is 1. The molecule has 0 atom stereocenters. The third-order valence-electron chi connectivity index (χ3n) is 4.64. The van der Waals surface area contributed by atoms with Gasteiger partial charge < -0.3 is 14.8 Å². The summed E-state index contributed by atoms with van der Waals surface area (Å²) in [5.74, 6) is 0.155. The number of aromatic nitrogens is 2. The minimum Gasteiger partial charge on any atom is -0.493 e. The number of nitrogens with zero attached hydrogens (tertiary/aromatic N) is 3. The molecular weight excluding hydrogens is 481 g/mol. The van der Waals surface area contributed by atoms with E-state index in [0.717, 1.165) is 10.7 Å². The number of carbonyl (C=O) groups excluding carboxylic acids is 1. The van der Waals surface area contributed by atoms with Crippen LogP contribution in [0.4, 0.5) is 24.5 Å². The first-order chi connectivity index (χ1) is 16.0. The first-order valence-electron chi connectivity index (χ1n) is 9.70. The molecule has 180 valence electrons. The predicted molar refractivity (Wildman–Crippen MR) is 116 cm³/mol. The van der Waals surface area contributed by atoms with Crippen LogP contribution in [0.2, 0.25) is 5.02 Å². The number of aryl methyl sites for hydroxylation is 1. The van der Waals surface area contributed by atoms with Crippen LogP contribution < -0.4 is 14.8 Å². The van der Waals surface area contributed by atoms with Crippen LogP contribution in [0.3, 0.4) is 0 Å². The van der Waals surface area contributed by atoms with E-state index >= 15 is 0 Å². The molecule has 1 N–H and O–H groups in total. The fraction of sp³-hybridized carbons (Fsp3) is 0.238. The second-order valence-electron chi connectivity index (χ2n) is 6.99. The van der Waals surface area contributed by atoms with E-state index in [1.807, 2.05) is 0 Å². The van der Waals surface area contributed by atoms with Gasteiger partial charge in [-0.1, -0.05) is 23.7 Å². The number of amides is 1. The molecule has 0 bridgehead atoms. The topological polar surface area (TPSA) is 109 Å². The van der Waals surface area contributed by atoms with Gasteiger partial charge in [0.2, 0.25) is 5.91 Å². The quantitative estimate of drug-likeness (QED) is 0.320. The van der Waals surface area contributed by atoms with Crippen molar-refractivity contribution in [2.24, 2.45) is 0 Å². The van der Waals surface area contributed by atoms with Crippen molar-refractivity contribution in [3.63, 3.8) is 0 Å². The Bertz CT molecular complexity index is 1230. The first-order valence-corrected chi connectivity index (χ1v) is 10.1. The number of hydrogen-bond acceptors (Lipinski definition) is 6. The smallest absolute Gasteiger partial charge is 0.436 e. The minimum atomic E-state index is -4.73. The summed E-state index contributed by atoms with van der Waals surface area (Å²) in [5.41, 5.74) is -1.45. The molecule has 3 rings (SSSR count). The molecule has 0 unspecified atom stereocenters. The van der Waals surface area contributed by atoms with Gasteiger partial charge in [-0.3, -0.25) is 19.6 Å². The van der Waals surface area contributed by atoms with Crippen molar-refractivity contribution in [3.8, 4) is 17.2 Å². The number of nitro groups is 1. The number of nitro benzene ring substituents is 1. The van der Waals surface area contributed by atoms with Gasteiger partial charge >= 0.3 is 6.18 Å². The van der Waals surface area contributed by atoms with Crippen molar-refractivity contribution in [1.82, 2.24) is 9.78 Å². The van der Waals surface area contributed by atoms with E-state index in [1.54, 1.807) is 24.3 Å². The Morgan fingerprint density at radius 2 is 1.91 bits per heavy atom. The number of para-hydroxylation sites is 2. The number of ether oxygens (including phenoxy) is 2.